The largest absolute Gasteiger partial charge is 0.475 e. The first-order valence-corrected chi connectivity index (χ1v) is 32.4. The molecule has 32 nitrogen and oxygen atoms in total. The summed E-state index contributed by atoms with van der Waals surface area (Å²) in [5.41, 5.74) is 46.1. The van der Waals surface area contributed by atoms with Gasteiger partial charge in [-0.2, -0.15) is 38.3 Å². The lowest BCUT2D eigenvalue weighted by Crippen LogP contribution is -2.29. The van der Waals surface area contributed by atoms with E-state index >= 15 is 0 Å². The van der Waals surface area contributed by atoms with Crippen molar-refractivity contribution in [1.82, 2.24) is 39.5 Å². The number of anilines is 8. The second-order valence-electron chi connectivity index (χ2n) is 17.6. The third-order valence-electron chi connectivity index (χ3n) is 9.42. The van der Waals surface area contributed by atoms with E-state index in [-0.39, 0.29) is 122 Å². The summed E-state index contributed by atoms with van der Waals surface area (Å²) in [5.74, 6) is 1.57. The average Bonchev–Trinajstić information content (AvgIpc) is 3.33. The molecule has 0 bridgehead atoms. The minimum absolute atomic E-state index is 0.00830. The predicted molar refractivity (Wildman–Crippen MR) is 307 cm³/mol. The first-order valence-electron chi connectivity index (χ1n) is 23.7. The first kappa shape index (κ1) is 71.5. The summed E-state index contributed by atoms with van der Waals surface area (Å²) in [7, 11) is -12.1. The van der Waals surface area contributed by atoms with Crippen LogP contribution in [0.5, 0.6) is 11.8 Å². The Balaban J connectivity index is 0.000000506. The lowest BCUT2D eigenvalue weighted by molar-refractivity contribution is 0.112. The van der Waals surface area contributed by atoms with Crippen molar-refractivity contribution in [2.24, 2.45) is 0 Å². The number of hydrogen-bond acceptors (Lipinski definition) is 28. The number of nitrogens with zero attached hydrogens (tertiary/aromatic N) is 7. The van der Waals surface area contributed by atoms with Crippen LogP contribution in [0.2, 0.25) is 0 Å². The van der Waals surface area contributed by atoms with Crippen molar-refractivity contribution in [2.45, 2.75) is 53.0 Å². The number of nitrogen functional groups attached to an aromatic ring is 8. The van der Waals surface area contributed by atoms with Crippen LogP contribution in [0.15, 0.2) is 38.8 Å². The van der Waals surface area contributed by atoms with Gasteiger partial charge in [-0.15, -0.1) is 0 Å². The Kier molecular flexibility index (Phi) is 30.3. The van der Waals surface area contributed by atoms with Gasteiger partial charge in [0.1, 0.15) is 57.1 Å². The van der Waals surface area contributed by atoms with Gasteiger partial charge in [-0.1, -0.05) is 17.7 Å². The third kappa shape index (κ3) is 29.1. The van der Waals surface area contributed by atoms with Crippen LogP contribution < -0.4 is 66.5 Å². The Morgan fingerprint density at radius 2 is 1.00 bits per heavy atom. The maximum atomic E-state index is 11.9. The number of nitrogens with two attached hydrogens (primary N) is 8. The van der Waals surface area contributed by atoms with Gasteiger partial charge in [0.05, 0.1) is 79.4 Å². The van der Waals surface area contributed by atoms with E-state index in [0.717, 1.165) is 5.56 Å². The van der Waals surface area contributed by atoms with E-state index in [9.17, 15) is 31.7 Å². The van der Waals surface area contributed by atoms with Crippen molar-refractivity contribution in [3.8, 4) is 11.8 Å². The van der Waals surface area contributed by atoms with Crippen molar-refractivity contribution in [3.05, 3.63) is 72.8 Å². The molecule has 0 saturated heterocycles. The van der Waals surface area contributed by atoms with Gasteiger partial charge in [-0.3, -0.25) is 27.9 Å². The van der Waals surface area contributed by atoms with Gasteiger partial charge >= 0.3 is 7.60 Å². The molecule has 0 amide bonds. The maximum Gasteiger partial charge on any atom is 0.350 e. The fourth-order valence-corrected chi connectivity index (χ4v) is 7.63. The predicted octanol–water partition coefficient (Wildman–Crippen LogP) is 1.70. The zero-order valence-corrected chi connectivity index (χ0v) is 49.9. The summed E-state index contributed by atoms with van der Waals surface area (Å²) in [5, 5.41) is 0. The average molecular weight is 1210 g/mol. The van der Waals surface area contributed by atoms with Gasteiger partial charge in [0.25, 0.3) is 21.2 Å². The van der Waals surface area contributed by atoms with Gasteiger partial charge in [0, 0.05) is 6.61 Å². The summed E-state index contributed by atoms with van der Waals surface area (Å²) in [4.78, 5) is 65.1. The van der Waals surface area contributed by atoms with Gasteiger partial charge in [-0.25, -0.2) is 0 Å². The van der Waals surface area contributed by atoms with Crippen LogP contribution in [0.1, 0.15) is 34.7 Å². The highest BCUT2D eigenvalue weighted by atomic mass is 32.2. The Labute approximate surface area is 463 Å². The highest BCUT2D eigenvalue weighted by Gasteiger charge is 2.16. The van der Waals surface area contributed by atoms with E-state index in [2.05, 4.69) is 34.9 Å². The molecule has 0 aliphatic carbocycles. The van der Waals surface area contributed by atoms with Crippen molar-refractivity contribution in [3.63, 3.8) is 0 Å². The third-order valence-corrected chi connectivity index (χ3v) is 12.9. The second-order valence-corrected chi connectivity index (χ2v) is 27.6. The van der Waals surface area contributed by atoms with Crippen molar-refractivity contribution < 1.29 is 64.5 Å². The molecular formula is C44H77N16O16P3S. The standard InChI is InChI=1S/C11H16O4S.2C10H19N4O3P.C8H15N4O5P.C5H8N4O/c1-3-14-8-9-15-16(12,13)11-6-4-10(2)5-7-11;1-7-8(11)13-10(12)14-9(7)17-5-4-16-6-18(2,3)15;1-7-8(11)13-10(12)14(9(7)15)4-5-17-6-18(2,3)16;1-5-6(9)11-8(10)12-7(5)17-3-2-16-4-18(13,14)15;1-2-3(6)8-5(7)9-4(2)10/h4-7H,3,8-9H2,1-2H3;4-6H2,1-3H3,(H4,11,12,13,14);4-6,11H2,1-3H3,(H2,12,13);2-4H2,1H3,(H2,13,14,15)(H4,9,10,11,12);1H3,(H5,6,7,8,9,10). The number of benzene rings is 1. The number of nitrogens with one attached hydrogen (secondary N) is 1. The molecular weight excluding hydrogens is 1130 g/mol. The number of aryl methyl sites for hydroxylation is 1. The van der Waals surface area contributed by atoms with Crippen molar-refractivity contribution in [1.29, 1.82) is 0 Å². The van der Waals surface area contributed by atoms with Crippen LogP contribution in [0.4, 0.5) is 47.1 Å². The smallest absolute Gasteiger partial charge is 0.350 e. The van der Waals surface area contributed by atoms with Gasteiger partial charge in [0.15, 0.2) is 0 Å². The van der Waals surface area contributed by atoms with Crippen LogP contribution in [0, 0.1) is 34.6 Å². The lowest BCUT2D eigenvalue weighted by Gasteiger charge is -2.12. The van der Waals surface area contributed by atoms with Gasteiger partial charge < -0.3 is 93.2 Å². The fraction of sp³-hybridized carbons (Fsp3) is 0.500. The van der Waals surface area contributed by atoms with E-state index in [1.54, 1.807) is 66.5 Å². The second kappa shape index (κ2) is 33.9. The van der Waals surface area contributed by atoms with E-state index in [4.69, 9.17) is 88.3 Å². The minimum Gasteiger partial charge on any atom is -0.475 e. The number of aromatic nitrogens is 8. The fourth-order valence-electron chi connectivity index (χ4n) is 5.23. The highest BCUT2D eigenvalue weighted by molar-refractivity contribution is 7.86. The van der Waals surface area contributed by atoms with Gasteiger partial charge in [0.2, 0.25) is 35.6 Å². The van der Waals surface area contributed by atoms with Crippen molar-refractivity contribution >= 4 is 79.1 Å². The summed E-state index contributed by atoms with van der Waals surface area (Å²) in [6.07, 6.45) is -0.226. The maximum absolute atomic E-state index is 11.9. The Bertz CT molecular complexity index is 3050. The van der Waals surface area contributed by atoms with Crippen LogP contribution in [-0.4, -0.2) is 156 Å². The lowest BCUT2D eigenvalue weighted by atomic mass is 10.2. The topological polar surface area (TPSA) is 531 Å². The molecule has 1 aromatic carbocycles. The number of rotatable bonds is 23. The molecule has 450 valence electrons. The first-order chi connectivity index (χ1) is 37.0. The molecule has 0 aliphatic heterocycles. The van der Waals surface area contributed by atoms with Crippen molar-refractivity contribution in [2.75, 3.05) is 144 Å². The van der Waals surface area contributed by atoms with Crippen LogP contribution in [0.25, 0.3) is 0 Å². The molecule has 5 rings (SSSR count). The number of H-pyrrole nitrogens is 1. The number of hydrogen-bond donors (Lipinski definition) is 11. The summed E-state index contributed by atoms with van der Waals surface area (Å²) in [6.45, 7) is 19.0. The Morgan fingerprint density at radius 1 is 0.562 bits per heavy atom. The molecule has 0 unspecified atom stereocenters. The molecule has 4 aromatic heterocycles. The van der Waals surface area contributed by atoms with Crippen LogP contribution in [-0.2, 0) is 53.5 Å². The minimum atomic E-state index is -4.15. The molecule has 36 heteroatoms. The number of ether oxygens (including phenoxy) is 6. The highest BCUT2D eigenvalue weighted by Crippen LogP contribution is 2.36. The molecule has 0 spiro atoms. The van der Waals surface area contributed by atoms with E-state index in [1.807, 2.05) is 13.8 Å². The molecule has 80 heavy (non-hydrogen) atoms. The molecule has 0 fully saturated rings. The van der Waals surface area contributed by atoms with Gasteiger partial charge in [-0.05, 0) is 80.3 Å². The van der Waals surface area contributed by atoms with Crippen LogP contribution in [0.3, 0.4) is 0 Å². The van der Waals surface area contributed by atoms with E-state index in [1.165, 1.54) is 16.7 Å². The molecule has 4 heterocycles. The monoisotopic (exact) mass is 1210 g/mol. The van der Waals surface area contributed by atoms with Crippen LogP contribution >= 0.6 is 21.9 Å². The number of aromatic amines is 1. The zero-order valence-electron chi connectivity index (χ0n) is 46.4. The molecule has 0 aliphatic rings. The van der Waals surface area contributed by atoms with E-state index in [0.29, 0.717) is 47.2 Å². The van der Waals surface area contributed by atoms with E-state index < -0.39 is 38.3 Å². The molecule has 5 aromatic rings. The molecule has 19 N–H and O–H groups in total. The SMILES string of the molecule is CCOCCOS(=O)(=O)c1ccc(C)cc1.Cc1c(N)nc(N)[nH]c1=O.Cc1c(N)nc(N)n(CCOCP(C)(C)=O)c1=O.Cc1c(N)nc(N)nc1OCCOCP(=O)(O)O.Cc1c(N)nc(N)nc1OCCOCP(C)(C)=O. The molecule has 0 radical (unpaired) electrons. The zero-order chi connectivity index (χ0) is 61.2. The molecule has 0 saturated carbocycles. The summed E-state index contributed by atoms with van der Waals surface area (Å²) in [6, 6.07) is 6.54. The summed E-state index contributed by atoms with van der Waals surface area (Å²) >= 11 is 0. The Hall–Kier alpha value is -6.50. The Morgan fingerprint density at radius 3 is 1.45 bits per heavy atom. The molecule has 0 atom stereocenters. The normalized spacial score (nSPS) is 11.3. The summed E-state index contributed by atoms with van der Waals surface area (Å²) < 4.78 is 93.4. The quantitative estimate of drug-likeness (QED) is 0.0252.